The number of likely N-dealkylation sites (tertiary alicyclic amines) is 1. The van der Waals surface area contributed by atoms with Crippen LogP contribution < -0.4 is 4.74 Å². The van der Waals surface area contributed by atoms with E-state index in [0.29, 0.717) is 55.4 Å². The minimum atomic E-state index is -3.40. The molecule has 4 rings (SSSR count). The van der Waals surface area contributed by atoms with Crippen molar-refractivity contribution in [2.75, 3.05) is 26.7 Å². The number of hydrogen-bond acceptors (Lipinski definition) is 4. The minimum absolute atomic E-state index is 0.0379. The fourth-order valence-corrected chi connectivity index (χ4v) is 6.71. The van der Waals surface area contributed by atoms with Crippen molar-refractivity contribution < 1.29 is 17.9 Å². The molecule has 0 bridgehead atoms. The average molecular weight is 449 g/mol. The van der Waals surface area contributed by atoms with Crippen LogP contribution >= 0.6 is 11.6 Å². The first-order chi connectivity index (χ1) is 14.4. The van der Waals surface area contributed by atoms with Gasteiger partial charge in [-0.3, -0.25) is 4.79 Å². The van der Waals surface area contributed by atoms with Gasteiger partial charge >= 0.3 is 0 Å². The molecule has 2 aromatic rings. The van der Waals surface area contributed by atoms with E-state index in [1.807, 2.05) is 12.1 Å². The molecule has 2 saturated heterocycles. The van der Waals surface area contributed by atoms with E-state index >= 15 is 0 Å². The third kappa shape index (κ3) is 4.19. The van der Waals surface area contributed by atoms with Crippen LogP contribution in [-0.4, -0.2) is 55.5 Å². The van der Waals surface area contributed by atoms with E-state index in [4.69, 9.17) is 16.3 Å². The van der Waals surface area contributed by atoms with Crippen LogP contribution in [0.25, 0.3) is 0 Å². The zero-order chi connectivity index (χ0) is 21.3. The molecule has 0 unspecified atom stereocenters. The second-order valence-electron chi connectivity index (χ2n) is 7.86. The zero-order valence-corrected chi connectivity index (χ0v) is 18.4. The summed E-state index contributed by atoms with van der Waals surface area (Å²) >= 11 is 5.93. The highest BCUT2D eigenvalue weighted by Crippen LogP contribution is 2.35. The minimum Gasteiger partial charge on any atom is -0.497 e. The lowest BCUT2D eigenvalue weighted by Gasteiger charge is -2.22. The first kappa shape index (κ1) is 21.2. The molecule has 0 saturated carbocycles. The number of rotatable bonds is 4. The van der Waals surface area contributed by atoms with Crippen LogP contribution in [0.5, 0.6) is 5.75 Å². The number of carbonyl (C=O) groups excluding carboxylic acids is 1. The lowest BCUT2D eigenvalue weighted by atomic mass is 10.0. The van der Waals surface area contributed by atoms with Crippen LogP contribution in [0, 0.1) is 5.92 Å². The summed E-state index contributed by atoms with van der Waals surface area (Å²) in [5.41, 5.74) is 1.52. The molecule has 2 aliphatic heterocycles. The number of sulfonamides is 1. The average Bonchev–Trinajstić information content (AvgIpc) is 2.89. The van der Waals surface area contributed by atoms with Crippen LogP contribution in [0.15, 0.2) is 48.5 Å². The molecule has 1 amide bonds. The molecule has 30 heavy (non-hydrogen) atoms. The molecule has 2 atom stereocenters. The van der Waals surface area contributed by atoms with Gasteiger partial charge in [0.2, 0.25) is 10.0 Å². The third-order valence-electron chi connectivity index (χ3n) is 6.06. The highest BCUT2D eigenvalue weighted by Gasteiger charge is 2.47. The van der Waals surface area contributed by atoms with Gasteiger partial charge in [-0.05, 0) is 60.7 Å². The summed E-state index contributed by atoms with van der Waals surface area (Å²) < 4.78 is 33.0. The van der Waals surface area contributed by atoms with E-state index in [1.54, 1.807) is 52.7 Å². The zero-order valence-electron chi connectivity index (χ0n) is 16.8. The van der Waals surface area contributed by atoms with Crippen molar-refractivity contribution >= 4 is 27.5 Å². The molecule has 2 fully saturated rings. The molecular formula is C22H25ClN2O4S. The van der Waals surface area contributed by atoms with Gasteiger partial charge in [0.05, 0.1) is 12.4 Å². The van der Waals surface area contributed by atoms with Gasteiger partial charge in [0.25, 0.3) is 5.91 Å². The fraction of sp³-hybridized carbons (Fsp3) is 0.409. The molecule has 2 aliphatic rings. The summed E-state index contributed by atoms with van der Waals surface area (Å²) in [6, 6.07) is 14.3. The molecule has 0 spiro atoms. The molecule has 0 aliphatic carbocycles. The van der Waals surface area contributed by atoms with Crippen LogP contribution in [0.1, 0.15) is 28.8 Å². The van der Waals surface area contributed by atoms with E-state index in [0.717, 1.165) is 5.56 Å². The lowest BCUT2D eigenvalue weighted by molar-refractivity contribution is 0.0759. The van der Waals surface area contributed by atoms with Gasteiger partial charge < -0.3 is 9.64 Å². The van der Waals surface area contributed by atoms with Crippen molar-refractivity contribution in [3.8, 4) is 5.75 Å². The number of halogens is 1. The van der Waals surface area contributed by atoms with Crippen molar-refractivity contribution in [3.63, 3.8) is 0 Å². The van der Waals surface area contributed by atoms with Gasteiger partial charge in [-0.1, -0.05) is 23.7 Å². The highest BCUT2D eigenvalue weighted by molar-refractivity contribution is 7.90. The van der Waals surface area contributed by atoms with Crippen LogP contribution in [-0.2, 0) is 16.6 Å². The molecular weight excluding hydrogens is 424 g/mol. The van der Waals surface area contributed by atoms with Crippen molar-refractivity contribution in [2.45, 2.75) is 24.6 Å². The molecule has 8 heteroatoms. The normalized spacial score (nSPS) is 23.6. The van der Waals surface area contributed by atoms with Gasteiger partial charge in [-0.15, -0.1) is 0 Å². The van der Waals surface area contributed by atoms with Gasteiger partial charge in [0.15, 0.2) is 0 Å². The molecule has 2 aromatic carbocycles. The number of fused-ring (bicyclic) bond motifs is 1. The van der Waals surface area contributed by atoms with Crippen LogP contribution in [0.4, 0.5) is 0 Å². The number of hydrogen-bond donors (Lipinski definition) is 0. The third-order valence-corrected chi connectivity index (χ3v) is 8.69. The van der Waals surface area contributed by atoms with Gasteiger partial charge in [0.1, 0.15) is 5.75 Å². The van der Waals surface area contributed by atoms with E-state index in [-0.39, 0.29) is 11.8 Å². The molecule has 0 radical (unpaired) electrons. The second kappa shape index (κ2) is 8.57. The van der Waals surface area contributed by atoms with Gasteiger partial charge in [0, 0.05) is 36.8 Å². The maximum absolute atomic E-state index is 13.2. The summed E-state index contributed by atoms with van der Waals surface area (Å²) in [5, 5.41) is 0.202. The van der Waals surface area contributed by atoms with E-state index in [9.17, 15) is 13.2 Å². The number of carbonyl (C=O) groups is 1. The number of benzene rings is 2. The number of methoxy groups -OCH3 is 1. The number of amides is 1. The summed E-state index contributed by atoms with van der Waals surface area (Å²) in [5.74, 6) is 0.674. The lowest BCUT2D eigenvalue weighted by Crippen LogP contribution is -2.34. The maximum Gasteiger partial charge on any atom is 0.253 e. The predicted molar refractivity (Wildman–Crippen MR) is 116 cm³/mol. The predicted octanol–water partition coefficient (Wildman–Crippen LogP) is 3.42. The second-order valence-corrected chi connectivity index (χ2v) is 10.4. The maximum atomic E-state index is 13.2. The highest BCUT2D eigenvalue weighted by atomic mass is 35.5. The van der Waals surface area contributed by atoms with Crippen molar-refractivity contribution in [2.24, 2.45) is 5.92 Å². The van der Waals surface area contributed by atoms with Crippen molar-refractivity contribution in [1.82, 2.24) is 9.21 Å². The van der Waals surface area contributed by atoms with E-state index in [1.165, 1.54) is 0 Å². The number of nitrogens with zero attached hydrogens (tertiary/aromatic N) is 2. The summed E-state index contributed by atoms with van der Waals surface area (Å²) in [7, 11) is -1.81. The SMILES string of the molecule is COc1ccc(C(=O)N2CC[C@@H]3CN(Cc4ccc(Cl)cc4)S(=O)(=O)[C@@H]3CC2)cc1. The van der Waals surface area contributed by atoms with Crippen molar-refractivity contribution in [3.05, 3.63) is 64.7 Å². The Labute approximate surface area is 182 Å². The molecule has 160 valence electrons. The summed E-state index contributed by atoms with van der Waals surface area (Å²) in [4.78, 5) is 14.7. The number of ether oxygens (including phenoxy) is 1. The molecule has 0 N–H and O–H groups in total. The topological polar surface area (TPSA) is 66.9 Å². The Kier molecular flexibility index (Phi) is 6.04. The van der Waals surface area contributed by atoms with E-state index < -0.39 is 15.3 Å². The first-order valence-corrected chi connectivity index (χ1v) is 11.9. The molecule has 0 aromatic heterocycles. The first-order valence-electron chi connectivity index (χ1n) is 10.0. The Hall–Kier alpha value is -2.09. The van der Waals surface area contributed by atoms with Crippen LogP contribution in [0.2, 0.25) is 5.02 Å². The molecule has 6 nitrogen and oxygen atoms in total. The Balaban J connectivity index is 1.43. The smallest absolute Gasteiger partial charge is 0.253 e. The summed E-state index contributed by atoms with van der Waals surface area (Å²) in [6.07, 6.45) is 1.15. The van der Waals surface area contributed by atoms with Crippen molar-refractivity contribution in [1.29, 1.82) is 0 Å². The Morgan fingerprint density at radius 3 is 2.40 bits per heavy atom. The Morgan fingerprint density at radius 1 is 1.07 bits per heavy atom. The van der Waals surface area contributed by atoms with Gasteiger partial charge in [-0.25, -0.2) is 8.42 Å². The molecule has 2 heterocycles. The summed E-state index contributed by atoms with van der Waals surface area (Å²) in [6.45, 7) is 1.87. The standard InChI is InChI=1S/C22H25ClN2O4S/c1-29-20-8-4-17(5-9-20)22(26)24-12-10-18-15-25(30(27,28)21(18)11-13-24)14-16-2-6-19(23)7-3-16/h2-9,18,21H,10-15H2,1H3/t18-,21-/m1/s1. The monoisotopic (exact) mass is 448 g/mol. The Bertz CT molecular complexity index is 1010. The largest absolute Gasteiger partial charge is 0.497 e. The van der Waals surface area contributed by atoms with Crippen LogP contribution in [0.3, 0.4) is 0 Å². The van der Waals surface area contributed by atoms with E-state index in [2.05, 4.69) is 0 Å². The fourth-order valence-electron chi connectivity index (χ4n) is 4.36. The quantitative estimate of drug-likeness (QED) is 0.718. The Morgan fingerprint density at radius 2 is 1.73 bits per heavy atom. The van der Waals surface area contributed by atoms with Gasteiger partial charge in [-0.2, -0.15) is 4.31 Å².